The van der Waals surface area contributed by atoms with E-state index in [2.05, 4.69) is 10.2 Å². The van der Waals surface area contributed by atoms with E-state index in [9.17, 15) is 9.59 Å². The summed E-state index contributed by atoms with van der Waals surface area (Å²) in [5.74, 6) is 0.497. The lowest BCUT2D eigenvalue weighted by molar-refractivity contribution is -0.137. The van der Waals surface area contributed by atoms with Gasteiger partial charge in [-0.3, -0.25) is 4.79 Å². The standard InChI is InChI=1S/C25H27N3O3S/c1-4-20-21(24(30)31-3)22(28-13-8-14-32-25(28)27-20)17-10-7-11-18(15-17)26-23(29)19-12-6-5-9-16(19)2/h5-7,9-12,15,22H,4,8,13-14H2,1-3H3,(H,26,29)/t22-/m1/s1. The molecule has 1 amide bonds. The van der Waals surface area contributed by atoms with E-state index in [0.717, 1.165) is 40.7 Å². The van der Waals surface area contributed by atoms with Gasteiger partial charge in [0.1, 0.15) is 0 Å². The Morgan fingerprint density at radius 2 is 2.03 bits per heavy atom. The van der Waals surface area contributed by atoms with Gasteiger partial charge in [-0.15, -0.1) is 0 Å². The van der Waals surface area contributed by atoms with E-state index in [1.54, 1.807) is 11.8 Å². The average molecular weight is 450 g/mol. The van der Waals surface area contributed by atoms with E-state index < -0.39 is 0 Å². The van der Waals surface area contributed by atoms with Crippen LogP contribution in [-0.4, -0.2) is 41.4 Å². The predicted molar refractivity (Wildman–Crippen MR) is 129 cm³/mol. The number of methoxy groups -OCH3 is 1. The number of nitrogens with zero attached hydrogens (tertiary/aromatic N) is 2. The molecule has 7 heteroatoms. The Hall–Kier alpha value is -3.06. The molecule has 0 aromatic heterocycles. The normalized spacial score (nSPS) is 18.0. The van der Waals surface area contributed by atoms with Crippen LogP contribution in [0, 0.1) is 6.92 Å². The van der Waals surface area contributed by atoms with Gasteiger partial charge >= 0.3 is 5.97 Å². The fourth-order valence-corrected chi connectivity index (χ4v) is 5.16. The number of ether oxygens (including phenoxy) is 1. The Morgan fingerprint density at radius 3 is 2.78 bits per heavy atom. The third-order valence-corrected chi connectivity index (χ3v) is 6.81. The van der Waals surface area contributed by atoms with Crippen LogP contribution in [0.1, 0.15) is 47.3 Å². The first-order chi connectivity index (χ1) is 15.5. The molecule has 2 aromatic carbocycles. The average Bonchev–Trinajstić information content (AvgIpc) is 2.82. The number of carbonyl (C=O) groups is 2. The fraction of sp³-hybridized carbons (Fsp3) is 0.320. The number of hydrogen-bond donors (Lipinski definition) is 1. The van der Waals surface area contributed by atoms with Crippen molar-refractivity contribution < 1.29 is 14.3 Å². The van der Waals surface area contributed by atoms with Gasteiger partial charge in [-0.1, -0.05) is 49.0 Å². The van der Waals surface area contributed by atoms with Gasteiger partial charge in [0, 0.05) is 23.5 Å². The number of benzene rings is 2. The monoisotopic (exact) mass is 449 g/mol. The van der Waals surface area contributed by atoms with Gasteiger partial charge in [0.2, 0.25) is 0 Å². The molecular formula is C25H27N3O3S. The van der Waals surface area contributed by atoms with E-state index in [-0.39, 0.29) is 17.9 Å². The largest absolute Gasteiger partial charge is 0.466 e. The first-order valence-electron chi connectivity index (χ1n) is 10.8. The molecule has 0 spiro atoms. The number of nitrogens with one attached hydrogen (secondary N) is 1. The van der Waals surface area contributed by atoms with Gasteiger partial charge in [0.25, 0.3) is 5.91 Å². The molecule has 2 aliphatic heterocycles. The first kappa shape index (κ1) is 22.1. The van der Waals surface area contributed by atoms with Crippen molar-refractivity contribution in [1.82, 2.24) is 4.90 Å². The molecule has 166 valence electrons. The molecule has 1 atom stereocenters. The highest BCUT2D eigenvalue weighted by atomic mass is 32.2. The molecule has 1 N–H and O–H groups in total. The summed E-state index contributed by atoms with van der Waals surface area (Å²) >= 11 is 1.72. The Bertz CT molecular complexity index is 1110. The topological polar surface area (TPSA) is 71.0 Å². The van der Waals surface area contributed by atoms with Gasteiger partial charge in [0.15, 0.2) is 5.17 Å². The van der Waals surface area contributed by atoms with Crippen LogP contribution in [0.3, 0.4) is 0 Å². The number of hydrogen-bond acceptors (Lipinski definition) is 6. The lowest BCUT2D eigenvalue weighted by Gasteiger charge is -2.40. The van der Waals surface area contributed by atoms with Crippen molar-refractivity contribution in [3.63, 3.8) is 0 Å². The van der Waals surface area contributed by atoms with Crippen molar-refractivity contribution in [3.8, 4) is 0 Å². The minimum absolute atomic E-state index is 0.155. The van der Waals surface area contributed by atoms with E-state index in [0.29, 0.717) is 23.2 Å². The van der Waals surface area contributed by atoms with Crippen molar-refractivity contribution in [1.29, 1.82) is 0 Å². The highest BCUT2D eigenvalue weighted by Crippen LogP contribution is 2.41. The number of allylic oxidation sites excluding steroid dienone is 1. The number of aliphatic imine (C=N–C) groups is 1. The number of anilines is 1. The summed E-state index contributed by atoms with van der Waals surface area (Å²) in [6.07, 6.45) is 1.66. The Labute approximate surface area is 192 Å². The molecule has 1 saturated heterocycles. The molecule has 0 unspecified atom stereocenters. The number of fused-ring (bicyclic) bond motifs is 1. The Kier molecular flexibility index (Phi) is 6.65. The number of esters is 1. The number of carbonyl (C=O) groups excluding carboxylic acids is 2. The Balaban J connectivity index is 1.72. The van der Waals surface area contributed by atoms with Crippen LogP contribution < -0.4 is 5.32 Å². The molecule has 0 bridgehead atoms. The molecule has 6 nitrogen and oxygen atoms in total. The lowest BCUT2D eigenvalue weighted by atomic mass is 9.93. The molecule has 0 saturated carbocycles. The molecule has 1 fully saturated rings. The molecule has 0 radical (unpaired) electrons. The highest BCUT2D eigenvalue weighted by molar-refractivity contribution is 8.13. The summed E-state index contributed by atoms with van der Waals surface area (Å²) < 4.78 is 5.15. The first-order valence-corrected chi connectivity index (χ1v) is 11.8. The molecular weight excluding hydrogens is 422 g/mol. The number of aryl methyl sites for hydroxylation is 1. The number of rotatable bonds is 5. The van der Waals surface area contributed by atoms with E-state index >= 15 is 0 Å². The summed E-state index contributed by atoms with van der Waals surface area (Å²) in [7, 11) is 1.41. The molecule has 32 heavy (non-hydrogen) atoms. The van der Waals surface area contributed by atoms with Gasteiger partial charge in [0.05, 0.1) is 24.4 Å². The molecule has 2 aromatic rings. The maximum absolute atomic E-state index is 12.8. The van der Waals surface area contributed by atoms with E-state index in [1.807, 2.05) is 62.4 Å². The van der Waals surface area contributed by atoms with Crippen LogP contribution in [-0.2, 0) is 9.53 Å². The van der Waals surface area contributed by atoms with Crippen LogP contribution in [0.25, 0.3) is 0 Å². The van der Waals surface area contributed by atoms with Gasteiger partial charge in [-0.05, 0) is 49.1 Å². The minimum atomic E-state index is -0.362. The predicted octanol–water partition coefficient (Wildman–Crippen LogP) is 4.93. The Morgan fingerprint density at radius 1 is 1.22 bits per heavy atom. The number of thioether (sulfide) groups is 1. The minimum Gasteiger partial charge on any atom is -0.466 e. The zero-order chi connectivity index (χ0) is 22.7. The highest BCUT2D eigenvalue weighted by Gasteiger charge is 2.38. The second-order valence-electron chi connectivity index (χ2n) is 7.79. The summed E-state index contributed by atoms with van der Waals surface area (Å²) in [5, 5.41) is 3.95. The third-order valence-electron chi connectivity index (χ3n) is 5.74. The molecule has 2 heterocycles. The van der Waals surface area contributed by atoms with Crippen molar-refractivity contribution >= 4 is 34.5 Å². The zero-order valence-electron chi connectivity index (χ0n) is 18.6. The number of amidine groups is 1. The summed E-state index contributed by atoms with van der Waals surface area (Å²) in [4.78, 5) is 32.6. The smallest absolute Gasteiger partial charge is 0.338 e. The van der Waals surface area contributed by atoms with E-state index in [1.165, 1.54) is 7.11 Å². The SMILES string of the molecule is CCC1=C(C(=O)OC)[C@@H](c2cccc(NC(=O)c3ccccc3C)c2)N2CCCSC2=N1. The maximum Gasteiger partial charge on any atom is 0.338 e. The number of amides is 1. The van der Waals surface area contributed by atoms with Gasteiger partial charge in [-0.25, -0.2) is 9.79 Å². The molecule has 2 aliphatic rings. The van der Waals surface area contributed by atoms with E-state index in [4.69, 9.17) is 9.73 Å². The van der Waals surface area contributed by atoms with Crippen LogP contribution in [0.2, 0.25) is 0 Å². The van der Waals surface area contributed by atoms with Crippen molar-refractivity contribution in [2.75, 3.05) is 24.7 Å². The van der Waals surface area contributed by atoms with Crippen LogP contribution >= 0.6 is 11.8 Å². The van der Waals surface area contributed by atoms with Gasteiger partial charge in [-0.2, -0.15) is 0 Å². The van der Waals surface area contributed by atoms with Crippen LogP contribution in [0.15, 0.2) is 64.8 Å². The molecule has 0 aliphatic carbocycles. The van der Waals surface area contributed by atoms with Crippen molar-refractivity contribution in [3.05, 3.63) is 76.5 Å². The van der Waals surface area contributed by atoms with Crippen molar-refractivity contribution in [2.45, 2.75) is 32.7 Å². The third kappa shape index (κ3) is 4.30. The second kappa shape index (κ2) is 9.61. The van der Waals surface area contributed by atoms with Crippen molar-refractivity contribution in [2.24, 2.45) is 4.99 Å². The summed E-state index contributed by atoms with van der Waals surface area (Å²) in [6.45, 7) is 4.73. The van der Waals surface area contributed by atoms with Crippen LogP contribution in [0.4, 0.5) is 5.69 Å². The van der Waals surface area contributed by atoms with Gasteiger partial charge < -0.3 is 15.0 Å². The second-order valence-corrected chi connectivity index (χ2v) is 8.85. The van der Waals surface area contributed by atoms with Crippen LogP contribution in [0.5, 0.6) is 0 Å². The fourth-order valence-electron chi connectivity index (χ4n) is 4.17. The lowest BCUT2D eigenvalue weighted by Crippen LogP contribution is -2.42. The summed E-state index contributed by atoms with van der Waals surface area (Å²) in [6, 6.07) is 14.9. The molecule has 4 rings (SSSR count). The maximum atomic E-state index is 12.8. The zero-order valence-corrected chi connectivity index (χ0v) is 19.4. The summed E-state index contributed by atoms with van der Waals surface area (Å²) in [5.41, 5.74) is 4.50. The quantitative estimate of drug-likeness (QED) is 0.655.